The fourth-order valence-corrected chi connectivity index (χ4v) is 6.49. The molecule has 0 amide bonds. The Kier molecular flexibility index (Phi) is 5.17. The summed E-state index contributed by atoms with van der Waals surface area (Å²) in [4.78, 5) is 3.48. The molecule has 6 aromatic rings. The number of nitrogens with two attached hydrogens (primary N) is 1. The first-order valence-corrected chi connectivity index (χ1v) is 13.1. The van der Waals surface area contributed by atoms with Crippen molar-refractivity contribution >= 4 is 42.3 Å². The number of sulfone groups is 1. The first kappa shape index (κ1) is 21.6. The lowest BCUT2D eigenvalue weighted by Gasteiger charge is -2.09. The molecule has 5 aromatic carbocycles. The average molecular weight is 477 g/mol. The maximum atomic E-state index is 13.8. The molecule has 4 nitrogen and oxygen atoms in total. The quantitative estimate of drug-likeness (QED) is 0.299. The molecule has 0 spiro atoms. The van der Waals surface area contributed by atoms with Crippen LogP contribution in [0.2, 0.25) is 0 Å². The monoisotopic (exact) mass is 476 g/mol. The second-order valence-corrected chi connectivity index (χ2v) is 10.7. The fraction of sp³-hybridized carbons (Fsp3) is 0.0667. The fourth-order valence-electron chi connectivity index (χ4n) is 4.94. The highest BCUT2D eigenvalue weighted by molar-refractivity contribution is 7.91. The van der Waals surface area contributed by atoms with E-state index in [2.05, 4.69) is 41.4 Å². The van der Waals surface area contributed by atoms with Crippen LogP contribution in [0.15, 0.2) is 113 Å². The number of nitrogens with one attached hydrogen (secondary N) is 1. The average Bonchev–Trinajstić information content (AvgIpc) is 3.27. The molecule has 0 aliphatic heterocycles. The number of aromatic nitrogens is 1. The van der Waals surface area contributed by atoms with Crippen molar-refractivity contribution in [2.75, 3.05) is 6.54 Å². The van der Waals surface area contributed by atoms with Gasteiger partial charge in [0.1, 0.15) is 5.03 Å². The summed E-state index contributed by atoms with van der Waals surface area (Å²) in [6.45, 7) is 0.353. The molecular formula is C30H24N2O2S. The van der Waals surface area contributed by atoms with Gasteiger partial charge < -0.3 is 10.7 Å². The molecule has 35 heavy (non-hydrogen) atoms. The summed E-state index contributed by atoms with van der Waals surface area (Å²) in [7, 11) is -3.77. The molecule has 6 rings (SSSR count). The van der Waals surface area contributed by atoms with Crippen molar-refractivity contribution in [3.05, 3.63) is 109 Å². The van der Waals surface area contributed by atoms with Gasteiger partial charge in [0.15, 0.2) is 0 Å². The highest BCUT2D eigenvalue weighted by atomic mass is 32.2. The molecule has 0 unspecified atom stereocenters. The summed E-state index contributed by atoms with van der Waals surface area (Å²) in [6, 6.07) is 33.7. The summed E-state index contributed by atoms with van der Waals surface area (Å²) >= 11 is 0. The zero-order valence-electron chi connectivity index (χ0n) is 19.0. The predicted octanol–water partition coefficient (Wildman–Crippen LogP) is 6.48. The summed E-state index contributed by atoms with van der Waals surface area (Å²) in [6.07, 6.45) is 0.459. The lowest BCUT2D eigenvalue weighted by molar-refractivity contribution is 0.592. The Morgan fingerprint density at radius 1 is 0.686 bits per heavy atom. The Morgan fingerprint density at radius 3 is 2.26 bits per heavy atom. The number of hydrogen-bond acceptors (Lipinski definition) is 3. The molecule has 5 heteroatoms. The Balaban J connectivity index is 1.54. The summed E-state index contributed by atoms with van der Waals surface area (Å²) < 4.78 is 27.6. The standard InChI is InChI=1S/C30H24N2O2S/c31-17-16-27-28-19-23(26-11-5-9-21-7-3-4-10-25(21)26)13-15-29(28)32-30(27)35(33,34)24-14-12-20-6-1-2-8-22(20)18-24/h1-15,18-19,32H,16-17,31H2. The van der Waals surface area contributed by atoms with Crippen LogP contribution in [0.25, 0.3) is 43.6 Å². The topological polar surface area (TPSA) is 76.0 Å². The molecule has 0 bridgehead atoms. The van der Waals surface area contributed by atoms with E-state index in [-0.39, 0.29) is 9.92 Å². The van der Waals surface area contributed by atoms with Gasteiger partial charge in [-0.15, -0.1) is 0 Å². The predicted molar refractivity (Wildman–Crippen MR) is 143 cm³/mol. The minimum Gasteiger partial charge on any atom is -0.345 e. The van der Waals surface area contributed by atoms with E-state index in [1.165, 1.54) is 5.39 Å². The first-order valence-electron chi connectivity index (χ1n) is 11.6. The van der Waals surface area contributed by atoms with Gasteiger partial charge in [0.25, 0.3) is 0 Å². The highest BCUT2D eigenvalue weighted by Gasteiger charge is 2.25. The SMILES string of the molecule is NCCc1c(S(=O)(=O)c2ccc3ccccc3c2)[nH]c2ccc(-c3cccc4ccccc34)cc12. The van der Waals surface area contributed by atoms with Gasteiger partial charge in [0.2, 0.25) is 9.84 Å². The molecule has 1 aromatic heterocycles. The third-order valence-electron chi connectivity index (χ3n) is 6.66. The van der Waals surface area contributed by atoms with E-state index < -0.39 is 9.84 Å². The maximum Gasteiger partial charge on any atom is 0.222 e. The highest BCUT2D eigenvalue weighted by Crippen LogP contribution is 2.35. The largest absolute Gasteiger partial charge is 0.345 e. The number of hydrogen-bond donors (Lipinski definition) is 2. The molecule has 0 radical (unpaired) electrons. The normalized spacial score (nSPS) is 12.0. The molecule has 0 saturated carbocycles. The molecular weight excluding hydrogens is 452 g/mol. The Hall–Kier alpha value is -3.93. The van der Waals surface area contributed by atoms with Crippen LogP contribution in [0.3, 0.4) is 0 Å². The second-order valence-electron chi connectivity index (χ2n) is 8.77. The molecule has 172 valence electrons. The number of aromatic amines is 1. The van der Waals surface area contributed by atoms with Crippen LogP contribution in [0.5, 0.6) is 0 Å². The van der Waals surface area contributed by atoms with Crippen LogP contribution in [-0.4, -0.2) is 19.9 Å². The molecule has 0 atom stereocenters. The lowest BCUT2D eigenvalue weighted by Crippen LogP contribution is -2.09. The van der Waals surface area contributed by atoms with Crippen molar-refractivity contribution in [3.8, 4) is 11.1 Å². The number of benzene rings is 5. The van der Waals surface area contributed by atoms with Crippen LogP contribution in [0.1, 0.15) is 5.56 Å². The molecule has 1 heterocycles. The Bertz CT molecular complexity index is 1830. The van der Waals surface area contributed by atoms with Gasteiger partial charge in [-0.05, 0) is 75.5 Å². The van der Waals surface area contributed by atoms with E-state index in [1.54, 1.807) is 12.1 Å². The van der Waals surface area contributed by atoms with Crippen molar-refractivity contribution in [2.24, 2.45) is 5.73 Å². The smallest absolute Gasteiger partial charge is 0.222 e. The van der Waals surface area contributed by atoms with Crippen LogP contribution in [-0.2, 0) is 16.3 Å². The van der Waals surface area contributed by atoms with E-state index in [0.717, 1.165) is 43.8 Å². The number of rotatable bonds is 5. The minimum atomic E-state index is -3.77. The van der Waals surface area contributed by atoms with Crippen LogP contribution in [0.4, 0.5) is 0 Å². The Labute approximate surface area is 203 Å². The van der Waals surface area contributed by atoms with Gasteiger partial charge >= 0.3 is 0 Å². The van der Waals surface area contributed by atoms with E-state index in [4.69, 9.17) is 5.73 Å². The van der Waals surface area contributed by atoms with Crippen molar-refractivity contribution in [1.82, 2.24) is 4.98 Å². The minimum absolute atomic E-state index is 0.225. The molecule has 0 aliphatic rings. The van der Waals surface area contributed by atoms with Crippen molar-refractivity contribution in [2.45, 2.75) is 16.3 Å². The first-order chi connectivity index (χ1) is 17.1. The van der Waals surface area contributed by atoms with Gasteiger partial charge in [-0.25, -0.2) is 8.42 Å². The molecule has 0 aliphatic carbocycles. The molecule has 0 fully saturated rings. The van der Waals surface area contributed by atoms with Crippen molar-refractivity contribution in [3.63, 3.8) is 0 Å². The molecule has 3 N–H and O–H groups in total. The zero-order chi connectivity index (χ0) is 24.0. The van der Waals surface area contributed by atoms with Gasteiger partial charge in [-0.2, -0.15) is 0 Å². The van der Waals surface area contributed by atoms with Crippen molar-refractivity contribution in [1.29, 1.82) is 0 Å². The van der Waals surface area contributed by atoms with Crippen LogP contribution < -0.4 is 5.73 Å². The molecule has 0 saturated heterocycles. The summed E-state index contributed by atoms with van der Waals surface area (Å²) in [5.41, 5.74) is 9.63. The summed E-state index contributed by atoms with van der Waals surface area (Å²) in [5.74, 6) is 0. The van der Waals surface area contributed by atoms with Gasteiger partial charge in [-0.1, -0.05) is 78.9 Å². The zero-order valence-corrected chi connectivity index (χ0v) is 19.8. The van der Waals surface area contributed by atoms with Crippen LogP contribution >= 0.6 is 0 Å². The van der Waals surface area contributed by atoms with Crippen LogP contribution in [0, 0.1) is 0 Å². The van der Waals surface area contributed by atoms with Crippen molar-refractivity contribution < 1.29 is 8.42 Å². The van der Waals surface area contributed by atoms with Gasteiger partial charge in [0, 0.05) is 10.9 Å². The van der Waals surface area contributed by atoms with E-state index in [1.807, 2.05) is 54.6 Å². The number of fused-ring (bicyclic) bond motifs is 3. The number of H-pyrrole nitrogens is 1. The van der Waals surface area contributed by atoms with Gasteiger partial charge in [0.05, 0.1) is 4.90 Å². The lowest BCUT2D eigenvalue weighted by atomic mass is 9.96. The van der Waals surface area contributed by atoms with E-state index in [9.17, 15) is 8.42 Å². The third-order valence-corrected chi connectivity index (χ3v) is 8.42. The third kappa shape index (κ3) is 3.60. The van der Waals surface area contributed by atoms with E-state index >= 15 is 0 Å². The summed E-state index contributed by atoms with van der Waals surface area (Å²) in [5, 5.41) is 5.34. The van der Waals surface area contributed by atoms with E-state index in [0.29, 0.717) is 13.0 Å². The second kappa shape index (κ2) is 8.38. The Morgan fingerprint density at radius 2 is 1.43 bits per heavy atom. The maximum absolute atomic E-state index is 13.8. The van der Waals surface area contributed by atoms with Gasteiger partial charge in [-0.3, -0.25) is 0 Å².